The minimum Gasteiger partial charge on any atom is -0.446 e. The third kappa shape index (κ3) is 4.90. The van der Waals surface area contributed by atoms with Gasteiger partial charge in [0.25, 0.3) is 5.91 Å². The van der Waals surface area contributed by atoms with Crippen LogP contribution in [-0.2, 0) is 11.3 Å². The van der Waals surface area contributed by atoms with Gasteiger partial charge in [0, 0.05) is 13.1 Å². The van der Waals surface area contributed by atoms with Gasteiger partial charge in [0.1, 0.15) is 6.26 Å². The van der Waals surface area contributed by atoms with E-state index in [2.05, 4.69) is 10.3 Å². The van der Waals surface area contributed by atoms with Gasteiger partial charge >= 0.3 is 0 Å². The molecule has 0 atom stereocenters. The van der Waals surface area contributed by atoms with Crippen molar-refractivity contribution >= 4 is 11.8 Å². The number of benzene rings is 2. The number of hydrogen-bond donors (Lipinski definition) is 1. The first kappa shape index (κ1) is 20.3. The molecule has 0 aliphatic carbocycles. The number of oxazole rings is 1. The zero-order valence-electron chi connectivity index (χ0n) is 16.7. The van der Waals surface area contributed by atoms with Gasteiger partial charge in [-0.1, -0.05) is 60.7 Å². The highest BCUT2D eigenvalue weighted by molar-refractivity contribution is 5.91. The molecule has 0 saturated heterocycles. The number of nitrogens with zero attached hydrogens (tertiary/aromatic N) is 2. The van der Waals surface area contributed by atoms with Crippen molar-refractivity contribution in [2.75, 3.05) is 13.1 Å². The van der Waals surface area contributed by atoms with E-state index in [-0.39, 0.29) is 24.1 Å². The molecule has 1 heterocycles. The second kappa shape index (κ2) is 9.68. The molecule has 0 unspecified atom stereocenters. The second-order valence-corrected chi connectivity index (χ2v) is 6.59. The Kier molecular flexibility index (Phi) is 6.79. The lowest BCUT2D eigenvalue weighted by Gasteiger charge is -2.26. The van der Waals surface area contributed by atoms with Crippen LogP contribution in [0.4, 0.5) is 0 Å². The number of hydrogen-bond acceptors (Lipinski definition) is 4. The summed E-state index contributed by atoms with van der Waals surface area (Å²) in [6.45, 7) is 4.96. The van der Waals surface area contributed by atoms with Crippen molar-refractivity contribution in [2.45, 2.75) is 26.3 Å². The predicted molar refractivity (Wildman–Crippen MR) is 110 cm³/mol. The Hall–Kier alpha value is -3.41. The number of likely N-dealkylation sites (N-methyl/N-ethyl adjacent to an activating group) is 1. The smallest absolute Gasteiger partial charge is 0.273 e. The fourth-order valence-electron chi connectivity index (χ4n) is 3.20. The number of aromatic nitrogens is 1. The summed E-state index contributed by atoms with van der Waals surface area (Å²) in [6.07, 6.45) is 1.32. The molecule has 150 valence electrons. The fraction of sp³-hybridized carbons (Fsp3) is 0.261. The lowest BCUT2D eigenvalue weighted by atomic mass is 9.90. The van der Waals surface area contributed by atoms with E-state index in [0.29, 0.717) is 19.0 Å². The number of carbonyl (C=O) groups excluding carboxylic acids is 2. The third-order valence-corrected chi connectivity index (χ3v) is 4.65. The predicted octanol–water partition coefficient (Wildman–Crippen LogP) is 3.60. The van der Waals surface area contributed by atoms with Gasteiger partial charge in [0.2, 0.25) is 11.8 Å². The summed E-state index contributed by atoms with van der Waals surface area (Å²) >= 11 is 0. The van der Waals surface area contributed by atoms with Crippen LogP contribution in [0.25, 0.3) is 0 Å². The highest BCUT2D eigenvalue weighted by atomic mass is 16.3. The van der Waals surface area contributed by atoms with Gasteiger partial charge in [-0.2, -0.15) is 0 Å². The summed E-state index contributed by atoms with van der Waals surface area (Å²) in [5.41, 5.74) is 2.07. The molecule has 6 nitrogen and oxygen atoms in total. The van der Waals surface area contributed by atoms with Crippen LogP contribution in [-0.4, -0.2) is 34.8 Å². The van der Waals surface area contributed by atoms with E-state index in [1.165, 1.54) is 6.26 Å². The normalized spacial score (nSPS) is 10.7. The molecule has 1 aromatic heterocycles. The minimum atomic E-state index is -0.421. The van der Waals surface area contributed by atoms with Crippen LogP contribution < -0.4 is 5.32 Å². The number of amides is 2. The molecule has 0 fully saturated rings. The average Bonchev–Trinajstić information content (AvgIpc) is 3.23. The largest absolute Gasteiger partial charge is 0.446 e. The van der Waals surface area contributed by atoms with Crippen LogP contribution in [0.1, 0.15) is 47.3 Å². The maximum Gasteiger partial charge on any atom is 0.273 e. The van der Waals surface area contributed by atoms with E-state index in [0.717, 1.165) is 11.1 Å². The Morgan fingerprint density at radius 3 is 2.10 bits per heavy atom. The van der Waals surface area contributed by atoms with E-state index in [1.807, 2.05) is 74.5 Å². The Labute approximate surface area is 170 Å². The first-order valence-electron chi connectivity index (χ1n) is 9.75. The Balaban J connectivity index is 1.85. The van der Waals surface area contributed by atoms with Gasteiger partial charge in [-0.3, -0.25) is 9.59 Å². The molecule has 3 rings (SSSR count). The number of nitrogens with one attached hydrogen (secondary N) is 1. The number of rotatable bonds is 8. The molecule has 2 aromatic carbocycles. The molecule has 3 aromatic rings. The van der Waals surface area contributed by atoms with E-state index in [9.17, 15) is 9.59 Å². The maximum atomic E-state index is 13.5. The molecule has 0 spiro atoms. The van der Waals surface area contributed by atoms with Gasteiger partial charge in [0.15, 0.2) is 5.69 Å². The molecule has 2 amide bonds. The Morgan fingerprint density at radius 2 is 1.59 bits per heavy atom. The minimum absolute atomic E-state index is 0.0392. The highest BCUT2D eigenvalue weighted by Crippen LogP contribution is 2.27. The maximum absolute atomic E-state index is 13.5. The first-order valence-corrected chi connectivity index (χ1v) is 9.75. The lowest BCUT2D eigenvalue weighted by Crippen LogP contribution is -2.35. The fourth-order valence-corrected chi connectivity index (χ4v) is 3.20. The van der Waals surface area contributed by atoms with Crippen molar-refractivity contribution in [1.82, 2.24) is 15.2 Å². The summed E-state index contributed by atoms with van der Waals surface area (Å²) in [5.74, 6) is -0.414. The van der Waals surface area contributed by atoms with Crippen molar-refractivity contribution in [1.29, 1.82) is 0 Å². The van der Waals surface area contributed by atoms with Gasteiger partial charge < -0.3 is 14.6 Å². The first-order chi connectivity index (χ1) is 14.1. The molecule has 0 aliphatic heterocycles. The van der Waals surface area contributed by atoms with Gasteiger partial charge in [-0.05, 0) is 25.0 Å². The summed E-state index contributed by atoms with van der Waals surface area (Å²) < 4.78 is 5.44. The van der Waals surface area contributed by atoms with Crippen LogP contribution in [0.15, 0.2) is 71.3 Å². The van der Waals surface area contributed by atoms with Crippen molar-refractivity contribution in [3.8, 4) is 0 Å². The lowest BCUT2D eigenvalue weighted by molar-refractivity contribution is -0.132. The second-order valence-electron chi connectivity index (χ2n) is 6.59. The Bertz CT molecular complexity index is 899. The zero-order valence-corrected chi connectivity index (χ0v) is 16.7. The summed E-state index contributed by atoms with van der Waals surface area (Å²) in [4.78, 5) is 31.3. The van der Waals surface area contributed by atoms with Crippen LogP contribution in [0, 0.1) is 0 Å². The van der Waals surface area contributed by atoms with Crippen LogP contribution >= 0.6 is 0 Å². The molecular formula is C23H25N3O3. The van der Waals surface area contributed by atoms with Crippen molar-refractivity contribution < 1.29 is 14.0 Å². The van der Waals surface area contributed by atoms with Crippen LogP contribution in [0.2, 0.25) is 0 Å². The molecule has 1 N–H and O–H groups in total. The van der Waals surface area contributed by atoms with E-state index >= 15 is 0 Å². The van der Waals surface area contributed by atoms with Crippen LogP contribution in [0.5, 0.6) is 0 Å². The molecule has 0 saturated carbocycles. The molecule has 29 heavy (non-hydrogen) atoms. The highest BCUT2D eigenvalue weighted by Gasteiger charge is 2.28. The molecule has 0 bridgehead atoms. The monoisotopic (exact) mass is 391 g/mol. The summed E-state index contributed by atoms with van der Waals surface area (Å²) in [7, 11) is 0. The molecule has 0 radical (unpaired) electrons. The van der Waals surface area contributed by atoms with Crippen molar-refractivity contribution in [3.05, 3.63) is 89.6 Å². The van der Waals surface area contributed by atoms with Gasteiger partial charge in [-0.25, -0.2) is 4.98 Å². The SMILES string of the molecule is CCNC(=O)c1coc(CN(CC)C(=O)C(c2ccccc2)c2ccccc2)n1. The standard InChI is InChI=1S/C23H25N3O3/c1-3-24-22(27)19-16-29-20(25-19)15-26(4-2)23(28)21(17-11-7-5-8-12-17)18-13-9-6-10-14-18/h5-14,16,21H,3-4,15H2,1-2H3,(H,24,27). The summed E-state index contributed by atoms with van der Waals surface area (Å²) in [5, 5.41) is 2.68. The molecular weight excluding hydrogens is 366 g/mol. The van der Waals surface area contributed by atoms with E-state index < -0.39 is 5.92 Å². The van der Waals surface area contributed by atoms with E-state index in [4.69, 9.17) is 4.42 Å². The van der Waals surface area contributed by atoms with Gasteiger partial charge in [-0.15, -0.1) is 0 Å². The quantitative estimate of drug-likeness (QED) is 0.637. The molecule has 6 heteroatoms. The zero-order chi connectivity index (χ0) is 20.6. The summed E-state index contributed by atoms with van der Waals surface area (Å²) in [6, 6.07) is 19.4. The van der Waals surface area contributed by atoms with Crippen LogP contribution in [0.3, 0.4) is 0 Å². The van der Waals surface area contributed by atoms with E-state index in [1.54, 1.807) is 4.90 Å². The topological polar surface area (TPSA) is 75.4 Å². The van der Waals surface area contributed by atoms with Gasteiger partial charge in [0.05, 0.1) is 12.5 Å². The molecule has 0 aliphatic rings. The average molecular weight is 391 g/mol. The Morgan fingerprint density at radius 1 is 1.00 bits per heavy atom. The van der Waals surface area contributed by atoms with Crippen molar-refractivity contribution in [2.24, 2.45) is 0 Å². The third-order valence-electron chi connectivity index (χ3n) is 4.65. The number of carbonyl (C=O) groups is 2. The van der Waals surface area contributed by atoms with Crippen molar-refractivity contribution in [3.63, 3.8) is 0 Å².